The lowest BCUT2D eigenvalue weighted by Gasteiger charge is -2.03. The quantitative estimate of drug-likeness (QED) is 0.490. The van der Waals surface area contributed by atoms with E-state index in [1.807, 2.05) is 0 Å². The third-order valence-corrected chi connectivity index (χ3v) is 2.18. The highest BCUT2D eigenvalue weighted by atomic mass is 35.5. The Morgan fingerprint density at radius 2 is 2.00 bits per heavy atom. The molecule has 2 aromatic rings. The molecular formula is C9H4ClF2NO. The smallest absolute Gasteiger partial charge is 0.231 e. The van der Waals surface area contributed by atoms with Crippen molar-refractivity contribution in [2.75, 3.05) is 0 Å². The van der Waals surface area contributed by atoms with Crippen LogP contribution < -0.4 is 4.73 Å². The van der Waals surface area contributed by atoms with Crippen molar-refractivity contribution in [3.05, 3.63) is 46.3 Å². The van der Waals surface area contributed by atoms with Crippen molar-refractivity contribution in [1.29, 1.82) is 0 Å². The summed E-state index contributed by atoms with van der Waals surface area (Å²) in [6, 6.07) is 2.89. The maximum Gasteiger partial charge on any atom is 0.231 e. The summed E-state index contributed by atoms with van der Waals surface area (Å²) in [5.74, 6) is -1.64. The summed E-state index contributed by atoms with van der Waals surface area (Å²) in [5.41, 5.74) is -0.116. The summed E-state index contributed by atoms with van der Waals surface area (Å²) in [5, 5.41) is 11.2. The van der Waals surface area contributed by atoms with Gasteiger partial charge in [0.1, 0.15) is 17.0 Å². The average Bonchev–Trinajstić information content (AvgIpc) is 2.10. The Kier molecular flexibility index (Phi) is 2.00. The summed E-state index contributed by atoms with van der Waals surface area (Å²) < 4.78 is 26.4. The average molecular weight is 216 g/mol. The van der Waals surface area contributed by atoms with Gasteiger partial charge in [-0.15, -0.1) is 0 Å². The number of halogens is 3. The van der Waals surface area contributed by atoms with E-state index < -0.39 is 11.6 Å². The third-order valence-electron chi connectivity index (χ3n) is 1.87. The summed E-state index contributed by atoms with van der Waals surface area (Å²) in [7, 11) is 0. The molecule has 5 heteroatoms. The van der Waals surface area contributed by atoms with Crippen LogP contribution in [0, 0.1) is 16.8 Å². The minimum atomic E-state index is -0.838. The van der Waals surface area contributed by atoms with Gasteiger partial charge in [0.25, 0.3) is 0 Å². The van der Waals surface area contributed by atoms with E-state index in [2.05, 4.69) is 0 Å². The first-order valence-electron chi connectivity index (χ1n) is 3.76. The fourth-order valence-electron chi connectivity index (χ4n) is 1.27. The molecule has 0 bridgehead atoms. The van der Waals surface area contributed by atoms with E-state index in [4.69, 9.17) is 11.6 Å². The van der Waals surface area contributed by atoms with E-state index in [9.17, 15) is 14.0 Å². The van der Waals surface area contributed by atoms with Gasteiger partial charge in [0.15, 0.2) is 6.20 Å². The molecule has 0 aliphatic rings. The van der Waals surface area contributed by atoms with E-state index in [1.165, 1.54) is 6.07 Å². The molecule has 72 valence electrons. The molecule has 1 heterocycles. The highest BCUT2D eigenvalue weighted by Crippen LogP contribution is 2.24. The number of rotatable bonds is 0. The first-order valence-corrected chi connectivity index (χ1v) is 4.14. The Morgan fingerprint density at radius 3 is 2.71 bits per heavy atom. The van der Waals surface area contributed by atoms with E-state index >= 15 is 0 Å². The second-order valence-electron chi connectivity index (χ2n) is 2.77. The van der Waals surface area contributed by atoms with Crippen LogP contribution in [0.25, 0.3) is 10.9 Å². The lowest BCUT2D eigenvalue weighted by Crippen LogP contribution is -2.26. The molecule has 0 saturated carbocycles. The standard InChI is InChI=1S/C9H4ClF2NO/c10-6-1-2-13(14)8-4-5(11)3-7(12)9(6)8/h1-4H. The van der Waals surface area contributed by atoms with Crippen LogP contribution in [0.4, 0.5) is 8.78 Å². The van der Waals surface area contributed by atoms with Crippen LogP contribution in [0.2, 0.25) is 5.02 Å². The van der Waals surface area contributed by atoms with Crippen molar-refractivity contribution in [3.63, 3.8) is 0 Å². The van der Waals surface area contributed by atoms with Crippen molar-refractivity contribution in [2.45, 2.75) is 0 Å². The number of pyridine rings is 1. The minimum absolute atomic E-state index is 0.0643. The second kappa shape index (κ2) is 3.06. The Balaban J connectivity index is 3.00. The predicted molar refractivity (Wildman–Crippen MR) is 47.8 cm³/mol. The summed E-state index contributed by atoms with van der Waals surface area (Å²) in [6.45, 7) is 0. The zero-order valence-corrected chi connectivity index (χ0v) is 7.55. The molecule has 14 heavy (non-hydrogen) atoms. The fourth-order valence-corrected chi connectivity index (χ4v) is 1.51. The summed E-state index contributed by atoms with van der Waals surface area (Å²) in [4.78, 5) is 0. The van der Waals surface area contributed by atoms with Gasteiger partial charge in [-0.05, 0) is 0 Å². The molecule has 0 unspecified atom stereocenters. The third kappa shape index (κ3) is 1.28. The molecule has 0 saturated heterocycles. The van der Waals surface area contributed by atoms with E-state index in [0.29, 0.717) is 10.8 Å². The van der Waals surface area contributed by atoms with Crippen LogP contribution in [0.15, 0.2) is 24.4 Å². The molecule has 2 nitrogen and oxygen atoms in total. The van der Waals surface area contributed by atoms with Gasteiger partial charge in [-0.2, -0.15) is 4.73 Å². The number of hydrogen-bond donors (Lipinski definition) is 0. The largest absolute Gasteiger partial charge is 0.618 e. The van der Waals surface area contributed by atoms with Gasteiger partial charge in [-0.3, -0.25) is 0 Å². The van der Waals surface area contributed by atoms with Crippen molar-refractivity contribution in [1.82, 2.24) is 0 Å². The predicted octanol–water partition coefficient (Wildman–Crippen LogP) is 2.40. The maximum atomic E-state index is 13.2. The molecule has 1 aromatic carbocycles. The molecule has 0 radical (unpaired) electrons. The number of nitrogens with zero attached hydrogens (tertiary/aromatic N) is 1. The van der Waals surface area contributed by atoms with Crippen LogP contribution in [-0.4, -0.2) is 0 Å². The first kappa shape index (κ1) is 9.15. The van der Waals surface area contributed by atoms with Crippen LogP contribution >= 0.6 is 11.6 Å². The number of aromatic nitrogens is 1. The van der Waals surface area contributed by atoms with Gasteiger partial charge in [-0.25, -0.2) is 8.78 Å². The van der Waals surface area contributed by atoms with Gasteiger partial charge in [-0.1, -0.05) is 11.6 Å². The monoisotopic (exact) mass is 215 g/mol. The molecule has 0 fully saturated rings. The molecule has 0 aliphatic carbocycles. The highest BCUT2D eigenvalue weighted by Gasteiger charge is 2.14. The molecule has 1 aromatic heterocycles. The molecule has 0 spiro atoms. The Bertz CT molecular complexity index is 516. The fraction of sp³-hybridized carbons (Fsp3) is 0. The molecular weight excluding hydrogens is 212 g/mol. The van der Waals surface area contributed by atoms with E-state index in [-0.39, 0.29) is 15.9 Å². The summed E-state index contributed by atoms with van der Waals surface area (Å²) >= 11 is 5.67. The van der Waals surface area contributed by atoms with Gasteiger partial charge >= 0.3 is 0 Å². The molecule has 0 atom stereocenters. The molecule has 0 N–H and O–H groups in total. The van der Waals surface area contributed by atoms with Crippen LogP contribution in [0.5, 0.6) is 0 Å². The van der Waals surface area contributed by atoms with Gasteiger partial charge in [0.2, 0.25) is 5.52 Å². The molecule has 0 amide bonds. The SMILES string of the molecule is [O-][n+]1ccc(Cl)c2c(F)cc(F)cc21. The lowest BCUT2D eigenvalue weighted by atomic mass is 10.2. The topological polar surface area (TPSA) is 26.9 Å². The second-order valence-corrected chi connectivity index (χ2v) is 3.18. The van der Waals surface area contributed by atoms with Gasteiger partial charge in [0.05, 0.1) is 5.02 Å². The minimum Gasteiger partial charge on any atom is -0.618 e. The van der Waals surface area contributed by atoms with Crippen LogP contribution in [-0.2, 0) is 0 Å². The van der Waals surface area contributed by atoms with Crippen molar-refractivity contribution < 1.29 is 13.5 Å². The van der Waals surface area contributed by atoms with Gasteiger partial charge < -0.3 is 5.21 Å². The van der Waals surface area contributed by atoms with Crippen LogP contribution in [0.1, 0.15) is 0 Å². The maximum absolute atomic E-state index is 13.2. The van der Waals surface area contributed by atoms with E-state index in [0.717, 1.165) is 12.3 Å². The Morgan fingerprint density at radius 1 is 1.29 bits per heavy atom. The number of hydrogen-bond acceptors (Lipinski definition) is 1. The van der Waals surface area contributed by atoms with Crippen molar-refractivity contribution >= 4 is 22.5 Å². The normalized spacial score (nSPS) is 10.8. The summed E-state index contributed by atoms with van der Waals surface area (Å²) in [6.07, 6.45) is 1.10. The Hall–Kier alpha value is -1.42. The zero-order valence-electron chi connectivity index (χ0n) is 6.80. The number of benzene rings is 1. The van der Waals surface area contributed by atoms with Gasteiger partial charge in [0, 0.05) is 18.2 Å². The van der Waals surface area contributed by atoms with Crippen LogP contribution in [0.3, 0.4) is 0 Å². The molecule has 2 rings (SSSR count). The zero-order chi connectivity index (χ0) is 10.3. The van der Waals surface area contributed by atoms with Crippen molar-refractivity contribution in [3.8, 4) is 0 Å². The first-order chi connectivity index (χ1) is 6.59. The van der Waals surface area contributed by atoms with Crippen molar-refractivity contribution in [2.24, 2.45) is 0 Å². The highest BCUT2D eigenvalue weighted by molar-refractivity contribution is 6.35. The number of fused-ring (bicyclic) bond motifs is 1. The Labute approximate surface area is 82.9 Å². The molecule has 0 aliphatic heterocycles. The van der Waals surface area contributed by atoms with E-state index in [1.54, 1.807) is 0 Å². The lowest BCUT2D eigenvalue weighted by molar-refractivity contribution is -0.577.